The number of rotatable bonds is 1. The number of nitriles is 1. The van der Waals surface area contributed by atoms with Crippen molar-refractivity contribution in [3.05, 3.63) is 28.2 Å². The lowest BCUT2D eigenvalue weighted by Crippen LogP contribution is -2.42. The summed E-state index contributed by atoms with van der Waals surface area (Å²) in [6.45, 7) is 7.35. The Kier molecular flexibility index (Phi) is 3.18. The highest BCUT2D eigenvalue weighted by Crippen LogP contribution is 2.38. The molecule has 1 saturated heterocycles. The second-order valence-corrected chi connectivity index (χ2v) is 6.06. The van der Waals surface area contributed by atoms with Gasteiger partial charge in [-0.3, -0.25) is 0 Å². The number of hydrogen-bond acceptors (Lipinski definition) is 2. The van der Waals surface area contributed by atoms with Gasteiger partial charge < -0.3 is 4.90 Å². The minimum Gasteiger partial charge on any atom is -0.365 e. The normalized spacial score (nSPS) is 22.5. The van der Waals surface area contributed by atoms with Crippen molar-refractivity contribution in [2.45, 2.75) is 32.7 Å². The number of anilines is 1. The van der Waals surface area contributed by atoms with E-state index in [1.807, 2.05) is 0 Å². The lowest BCUT2D eigenvalue weighted by molar-refractivity contribution is 0.439. The molecule has 0 N–H and O–H groups in total. The number of hydrogen-bond donors (Lipinski definition) is 0. The molecule has 90 valence electrons. The highest BCUT2D eigenvalue weighted by atomic mass is 79.9. The third-order valence-corrected chi connectivity index (χ3v) is 4.67. The molecule has 0 aromatic heterocycles. The van der Waals surface area contributed by atoms with Crippen LogP contribution in [-0.4, -0.2) is 12.1 Å². The summed E-state index contributed by atoms with van der Waals surface area (Å²) in [5.41, 5.74) is 2.36. The topological polar surface area (TPSA) is 27.0 Å². The summed E-state index contributed by atoms with van der Waals surface area (Å²) >= 11 is 3.57. The molecule has 0 bridgehead atoms. The fraction of sp³-hybridized carbons (Fsp3) is 0.500. The van der Waals surface area contributed by atoms with E-state index in [1.54, 1.807) is 0 Å². The zero-order chi connectivity index (χ0) is 12.6. The van der Waals surface area contributed by atoms with Crippen molar-refractivity contribution in [2.24, 2.45) is 5.92 Å². The molecule has 1 unspecified atom stereocenters. The molecule has 0 aliphatic carbocycles. The van der Waals surface area contributed by atoms with E-state index in [9.17, 15) is 5.26 Å². The molecule has 0 amide bonds. The first-order valence-electron chi connectivity index (χ1n) is 5.90. The molecule has 0 spiro atoms. The summed E-state index contributed by atoms with van der Waals surface area (Å²) in [5, 5.41) is 9.18. The molecule has 0 radical (unpaired) electrons. The van der Waals surface area contributed by atoms with Gasteiger partial charge in [-0.05, 0) is 44.9 Å². The molecule has 17 heavy (non-hydrogen) atoms. The predicted molar refractivity (Wildman–Crippen MR) is 74.0 cm³/mol. The highest BCUT2D eigenvalue weighted by molar-refractivity contribution is 9.10. The highest BCUT2D eigenvalue weighted by Gasteiger charge is 2.41. The summed E-state index contributed by atoms with van der Waals surface area (Å²) in [7, 11) is 0. The minimum atomic E-state index is -0.0799. The lowest BCUT2D eigenvalue weighted by atomic mass is 9.89. The summed E-state index contributed by atoms with van der Waals surface area (Å²) in [4.78, 5) is 2.34. The number of nitrogens with zero attached hydrogens (tertiary/aromatic N) is 2. The van der Waals surface area contributed by atoms with Crippen LogP contribution in [0.15, 0.2) is 22.7 Å². The van der Waals surface area contributed by atoms with E-state index < -0.39 is 0 Å². The first-order valence-corrected chi connectivity index (χ1v) is 6.69. The second-order valence-electron chi connectivity index (χ2n) is 5.21. The molecule has 0 saturated carbocycles. The molecule has 3 heteroatoms. The van der Waals surface area contributed by atoms with Gasteiger partial charge in [-0.15, -0.1) is 0 Å². The summed E-state index contributed by atoms with van der Waals surface area (Å²) in [6.07, 6.45) is 0.953. The maximum Gasteiger partial charge on any atom is 0.0706 e. The van der Waals surface area contributed by atoms with Gasteiger partial charge in [0.1, 0.15) is 0 Å². The SMILES string of the molecule is Cc1ccc(N2CCC(C#N)C2(C)C)cc1Br. The Bertz CT molecular complexity index is 474. The Balaban J connectivity index is 2.36. The van der Waals surface area contributed by atoms with Crippen LogP contribution in [0.2, 0.25) is 0 Å². The lowest BCUT2D eigenvalue weighted by Gasteiger charge is -2.35. The molecule has 2 nitrogen and oxygen atoms in total. The van der Waals surface area contributed by atoms with Gasteiger partial charge in [0.2, 0.25) is 0 Å². The molecule has 1 atom stereocenters. The molecule has 1 aromatic rings. The number of halogens is 1. The van der Waals surface area contributed by atoms with Crippen LogP contribution < -0.4 is 4.90 Å². The minimum absolute atomic E-state index is 0.0799. The molecule has 1 heterocycles. The number of aryl methyl sites for hydroxylation is 1. The predicted octanol–water partition coefficient (Wildman–Crippen LogP) is 3.89. The van der Waals surface area contributed by atoms with E-state index in [1.165, 1.54) is 11.3 Å². The Morgan fingerprint density at radius 3 is 2.71 bits per heavy atom. The maximum absolute atomic E-state index is 9.18. The molecule has 1 aromatic carbocycles. The van der Waals surface area contributed by atoms with Crippen molar-refractivity contribution in [1.82, 2.24) is 0 Å². The van der Waals surface area contributed by atoms with Gasteiger partial charge in [-0.1, -0.05) is 22.0 Å². The monoisotopic (exact) mass is 292 g/mol. The van der Waals surface area contributed by atoms with Crippen LogP contribution in [0, 0.1) is 24.2 Å². The van der Waals surface area contributed by atoms with E-state index >= 15 is 0 Å². The first-order chi connectivity index (χ1) is 7.96. The van der Waals surface area contributed by atoms with Crippen molar-refractivity contribution in [3.63, 3.8) is 0 Å². The Labute approximate surface area is 111 Å². The smallest absolute Gasteiger partial charge is 0.0706 e. The molecule has 1 aliphatic heterocycles. The third-order valence-electron chi connectivity index (χ3n) is 3.81. The van der Waals surface area contributed by atoms with Gasteiger partial charge in [0.05, 0.1) is 17.5 Å². The zero-order valence-electron chi connectivity index (χ0n) is 10.5. The summed E-state index contributed by atoms with van der Waals surface area (Å²) in [5.74, 6) is 0.113. The fourth-order valence-electron chi connectivity index (χ4n) is 2.52. The van der Waals surface area contributed by atoms with Crippen molar-refractivity contribution >= 4 is 21.6 Å². The van der Waals surface area contributed by atoms with Gasteiger partial charge in [0.15, 0.2) is 0 Å². The Morgan fingerprint density at radius 1 is 1.47 bits per heavy atom. The Hall–Kier alpha value is -1.01. The van der Waals surface area contributed by atoms with Crippen molar-refractivity contribution in [2.75, 3.05) is 11.4 Å². The average molecular weight is 293 g/mol. The van der Waals surface area contributed by atoms with Gasteiger partial charge in [0.25, 0.3) is 0 Å². The largest absolute Gasteiger partial charge is 0.365 e. The van der Waals surface area contributed by atoms with Gasteiger partial charge in [0, 0.05) is 16.7 Å². The molecular formula is C14H17BrN2. The van der Waals surface area contributed by atoms with Crippen molar-refractivity contribution in [1.29, 1.82) is 5.26 Å². The van der Waals surface area contributed by atoms with Gasteiger partial charge >= 0.3 is 0 Å². The molecule has 2 rings (SSSR count). The van der Waals surface area contributed by atoms with Gasteiger partial charge in [-0.25, -0.2) is 0 Å². The molecule has 1 fully saturated rings. The van der Waals surface area contributed by atoms with E-state index in [0.717, 1.165) is 17.4 Å². The number of benzene rings is 1. The van der Waals surface area contributed by atoms with E-state index in [0.29, 0.717) is 0 Å². The molecule has 1 aliphatic rings. The van der Waals surface area contributed by atoms with E-state index in [4.69, 9.17) is 0 Å². The van der Waals surface area contributed by atoms with Crippen LogP contribution in [0.25, 0.3) is 0 Å². The van der Waals surface area contributed by atoms with Crippen LogP contribution in [0.5, 0.6) is 0 Å². The maximum atomic E-state index is 9.18. The average Bonchev–Trinajstić information content (AvgIpc) is 2.57. The van der Waals surface area contributed by atoms with Crippen LogP contribution in [0.4, 0.5) is 5.69 Å². The summed E-state index contributed by atoms with van der Waals surface area (Å²) in [6, 6.07) is 8.84. The van der Waals surface area contributed by atoms with Crippen LogP contribution >= 0.6 is 15.9 Å². The first kappa shape index (κ1) is 12.4. The zero-order valence-corrected chi connectivity index (χ0v) is 12.1. The standard InChI is InChI=1S/C14H17BrN2/c1-10-4-5-12(8-13(10)15)17-7-6-11(9-16)14(17,2)3/h4-5,8,11H,6-7H2,1-3H3. The quantitative estimate of drug-likeness (QED) is 0.785. The van der Waals surface area contributed by atoms with Crippen LogP contribution in [-0.2, 0) is 0 Å². The third kappa shape index (κ3) is 2.07. The van der Waals surface area contributed by atoms with Crippen LogP contribution in [0.3, 0.4) is 0 Å². The van der Waals surface area contributed by atoms with E-state index in [2.05, 4.69) is 65.9 Å². The fourth-order valence-corrected chi connectivity index (χ4v) is 2.89. The second kappa shape index (κ2) is 4.34. The van der Waals surface area contributed by atoms with Crippen molar-refractivity contribution < 1.29 is 0 Å². The van der Waals surface area contributed by atoms with Gasteiger partial charge in [-0.2, -0.15) is 5.26 Å². The summed E-state index contributed by atoms with van der Waals surface area (Å²) < 4.78 is 1.13. The van der Waals surface area contributed by atoms with E-state index in [-0.39, 0.29) is 11.5 Å². The Morgan fingerprint density at radius 2 is 2.18 bits per heavy atom. The van der Waals surface area contributed by atoms with Crippen molar-refractivity contribution in [3.8, 4) is 6.07 Å². The molecular weight excluding hydrogens is 276 g/mol. The van der Waals surface area contributed by atoms with Crippen LogP contribution in [0.1, 0.15) is 25.8 Å².